The average Bonchev–Trinajstić information content (AvgIpc) is 2.54. The summed E-state index contributed by atoms with van der Waals surface area (Å²) >= 11 is 8.95. The predicted octanol–water partition coefficient (Wildman–Crippen LogP) is 4.65. The number of carboxylic acid groups (broad SMARTS) is 2. The van der Waals surface area contributed by atoms with Crippen molar-refractivity contribution in [3.63, 3.8) is 0 Å². The maximum atomic E-state index is 11.7. The Morgan fingerprint density at radius 1 is 0.885 bits per heavy atom. The van der Waals surface area contributed by atoms with Crippen LogP contribution in [0.5, 0.6) is 0 Å². The zero-order valence-corrected chi connectivity index (χ0v) is 18.8. The number of sulfone groups is 1. The lowest BCUT2D eigenvalue weighted by Gasteiger charge is -2.12. The SMILES string of the molecule is Cc1ccc(C(=O)O)c(C(=O)O)c1.O=S(=O)(c1ccccc1)C(Br)(Br)Br. The fourth-order valence-electron chi connectivity index (χ4n) is 1.75. The first-order valence-electron chi connectivity index (χ1n) is 6.81. The van der Waals surface area contributed by atoms with E-state index < -0.39 is 23.3 Å². The molecular weight excluding hydrogens is 560 g/mol. The molecule has 0 bridgehead atoms. The molecule has 2 rings (SSSR count). The van der Waals surface area contributed by atoms with Gasteiger partial charge in [0.15, 0.2) is 0 Å². The minimum atomic E-state index is -3.43. The molecule has 0 heterocycles. The number of hydrogen-bond donors (Lipinski definition) is 2. The van der Waals surface area contributed by atoms with Gasteiger partial charge in [0.05, 0.1) is 16.0 Å². The number of rotatable bonds is 3. The standard InChI is InChI=1S/C9H8O4.C7H5Br3O2S/c1-5-2-3-6(8(10)11)7(4-5)9(12)13;8-7(9,10)13(11,12)6-4-2-1-3-5-6/h2-4H,1H3,(H,10,11)(H,12,13);1-5H. The second kappa shape index (κ2) is 9.12. The molecule has 0 spiro atoms. The van der Waals surface area contributed by atoms with Gasteiger partial charge in [0.1, 0.15) is 0 Å². The van der Waals surface area contributed by atoms with Gasteiger partial charge in [-0.15, -0.1) is 0 Å². The van der Waals surface area contributed by atoms with Gasteiger partial charge in [-0.2, -0.15) is 0 Å². The fraction of sp³-hybridized carbons (Fsp3) is 0.125. The predicted molar refractivity (Wildman–Crippen MR) is 108 cm³/mol. The second-order valence-corrected chi connectivity index (χ2v) is 15.3. The van der Waals surface area contributed by atoms with Crippen molar-refractivity contribution < 1.29 is 28.2 Å². The van der Waals surface area contributed by atoms with Crippen LogP contribution in [-0.4, -0.2) is 32.0 Å². The van der Waals surface area contributed by atoms with E-state index in [0.29, 0.717) is 0 Å². The van der Waals surface area contributed by atoms with Crippen molar-refractivity contribution in [2.45, 2.75) is 13.3 Å². The fourth-order valence-corrected chi connectivity index (χ4v) is 4.22. The van der Waals surface area contributed by atoms with E-state index in [0.717, 1.165) is 5.56 Å². The Balaban J connectivity index is 0.000000260. The smallest absolute Gasteiger partial charge is 0.336 e. The van der Waals surface area contributed by atoms with Gasteiger partial charge in [0.25, 0.3) is 0 Å². The van der Waals surface area contributed by atoms with Crippen LogP contribution in [0.3, 0.4) is 0 Å². The van der Waals surface area contributed by atoms with Crippen LogP contribution in [0, 0.1) is 6.92 Å². The van der Waals surface area contributed by atoms with Crippen LogP contribution < -0.4 is 0 Å². The molecule has 0 aliphatic carbocycles. The van der Waals surface area contributed by atoms with Gasteiger partial charge in [-0.05, 0) is 79.0 Å². The normalized spacial score (nSPS) is 11.2. The number of aromatic carboxylic acids is 2. The molecule has 0 aliphatic rings. The Morgan fingerprint density at radius 3 is 1.81 bits per heavy atom. The largest absolute Gasteiger partial charge is 0.478 e. The molecular formula is C16H13Br3O6S. The molecule has 0 saturated heterocycles. The van der Waals surface area contributed by atoms with E-state index in [4.69, 9.17) is 10.2 Å². The van der Waals surface area contributed by atoms with Gasteiger partial charge in [-0.1, -0.05) is 29.8 Å². The number of hydrogen-bond acceptors (Lipinski definition) is 4. The van der Waals surface area contributed by atoms with Gasteiger partial charge in [-0.25, -0.2) is 18.0 Å². The molecule has 26 heavy (non-hydrogen) atoms. The highest BCUT2D eigenvalue weighted by molar-refractivity contribution is 9.42. The molecule has 0 fully saturated rings. The van der Waals surface area contributed by atoms with E-state index in [1.165, 1.54) is 24.3 Å². The minimum absolute atomic E-state index is 0.174. The topological polar surface area (TPSA) is 109 Å². The lowest BCUT2D eigenvalue weighted by atomic mass is 10.0. The zero-order chi connectivity index (χ0) is 20.1. The third kappa shape index (κ3) is 5.90. The number of carbonyl (C=O) groups is 2. The van der Waals surface area contributed by atoms with Gasteiger partial charge >= 0.3 is 11.9 Å². The molecule has 2 aromatic rings. The van der Waals surface area contributed by atoms with Crippen LogP contribution in [0.2, 0.25) is 0 Å². The van der Waals surface area contributed by atoms with Crippen molar-refractivity contribution in [1.29, 1.82) is 0 Å². The molecule has 0 aliphatic heterocycles. The molecule has 6 nitrogen and oxygen atoms in total. The van der Waals surface area contributed by atoms with Crippen molar-refractivity contribution in [3.8, 4) is 0 Å². The molecule has 0 atom stereocenters. The van der Waals surface area contributed by atoms with Crippen molar-refractivity contribution in [2.24, 2.45) is 0 Å². The van der Waals surface area contributed by atoms with E-state index >= 15 is 0 Å². The van der Waals surface area contributed by atoms with Gasteiger partial charge < -0.3 is 10.2 Å². The molecule has 0 amide bonds. The molecule has 2 aromatic carbocycles. The number of alkyl halides is 3. The Kier molecular flexibility index (Phi) is 8.00. The zero-order valence-electron chi connectivity index (χ0n) is 13.2. The highest BCUT2D eigenvalue weighted by Gasteiger charge is 2.36. The lowest BCUT2D eigenvalue weighted by Crippen LogP contribution is -2.17. The summed E-state index contributed by atoms with van der Waals surface area (Å²) in [6.45, 7) is 1.71. The Bertz CT molecular complexity index is 905. The third-order valence-electron chi connectivity index (χ3n) is 2.99. The summed E-state index contributed by atoms with van der Waals surface area (Å²) < 4.78 is 22.1. The lowest BCUT2D eigenvalue weighted by molar-refractivity contribution is 0.0651. The monoisotopic (exact) mass is 570 g/mol. The number of benzene rings is 2. The van der Waals surface area contributed by atoms with E-state index in [-0.39, 0.29) is 16.0 Å². The van der Waals surface area contributed by atoms with Gasteiger partial charge in [-0.3, -0.25) is 0 Å². The quantitative estimate of drug-likeness (QED) is 0.518. The maximum Gasteiger partial charge on any atom is 0.336 e. The highest BCUT2D eigenvalue weighted by atomic mass is 80.0. The van der Waals surface area contributed by atoms with E-state index in [2.05, 4.69) is 47.8 Å². The number of halogens is 3. The first-order chi connectivity index (χ1) is 11.9. The molecule has 0 radical (unpaired) electrons. The highest BCUT2D eigenvalue weighted by Crippen LogP contribution is 2.42. The number of carboxylic acids is 2. The van der Waals surface area contributed by atoms with Crippen LogP contribution in [-0.2, 0) is 9.84 Å². The molecule has 0 saturated carbocycles. The summed E-state index contributed by atoms with van der Waals surface area (Å²) in [7, 11) is -3.43. The first kappa shape index (κ1) is 22.8. The van der Waals surface area contributed by atoms with Crippen LogP contribution in [0.25, 0.3) is 0 Å². The van der Waals surface area contributed by atoms with Crippen LogP contribution >= 0.6 is 47.8 Å². The molecule has 0 aromatic heterocycles. The van der Waals surface area contributed by atoms with Gasteiger partial charge in [0.2, 0.25) is 11.3 Å². The second-order valence-electron chi connectivity index (χ2n) is 4.92. The molecule has 140 valence electrons. The summed E-state index contributed by atoms with van der Waals surface area (Å²) in [6.07, 6.45) is 0. The first-order valence-corrected chi connectivity index (χ1v) is 10.7. The Hall–Kier alpha value is -1.23. The summed E-state index contributed by atoms with van der Waals surface area (Å²) in [4.78, 5) is 21.4. The summed E-state index contributed by atoms with van der Waals surface area (Å²) in [5.41, 5.74) is 0.369. The molecule has 2 N–H and O–H groups in total. The van der Waals surface area contributed by atoms with Crippen LogP contribution in [0.1, 0.15) is 26.3 Å². The van der Waals surface area contributed by atoms with Crippen molar-refractivity contribution >= 4 is 69.6 Å². The summed E-state index contributed by atoms with van der Waals surface area (Å²) in [5, 5.41) is 17.3. The number of aryl methyl sites for hydroxylation is 1. The van der Waals surface area contributed by atoms with E-state index in [9.17, 15) is 18.0 Å². The van der Waals surface area contributed by atoms with Crippen LogP contribution in [0.15, 0.2) is 53.4 Å². The Labute approximate surface area is 175 Å². The summed E-state index contributed by atoms with van der Waals surface area (Å²) in [5.74, 6) is -2.45. The third-order valence-corrected chi connectivity index (χ3v) is 8.33. The minimum Gasteiger partial charge on any atom is -0.478 e. The molecule has 0 unspecified atom stereocenters. The van der Waals surface area contributed by atoms with Crippen molar-refractivity contribution in [1.82, 2.24) is 0 Å². The molecule has 10 heteroatoms. The maximum absolute atomic E-state index is 11.7. The van der Waals surface area contributed by atoms with Crippen molar-refractivity contribution in [3.05, 3.63) is 65.2 Å². The Morgan fingerprint density at radius 2 is 1.38 bits per heavy atom. The van der Waals surface area contributed by atoms with Gasteiger partial charge in [0, 0.05) is 0 Å². The summed E-state index contributed by atoms with van der Waals surface area (Å²) in [6, 6.07) is 12.4. The average molecular weight is 573 g/mol. The van der Waals surface area contributed by atoms with Crippen molar-refractivity contribution in [2.75, 3.05) is 0 Å². The van der Waals surface area contributed by atoms with E-state index in [1.807, 2.05) is 0 Å². The van der Waals surface area contributed by atoms with E-state index in [1.54, 1.807) is 31.2 Å². The van der Waals surface area contributed by atoms with Crippen LogP contribution in [0.4, 0.5) is 0 Å².